The van der Waals surface area contributed by atoms with Crippen molar-refractivity contribution in [2.24, 2.45) is 17.8 Å². The minimum atomic E-state index is -0.787. The molecule has 226 valence electrons. The number of epoxide rings is 1. The third kappa shape index (κ3) is 9.63. The highest BCUT2D eigenvalue weighted by Gasteiger charge is 2.50. The molecule has 2 aromatic rings. The van der Waals surface area contributed by atoms with Gasteiger partial charge in [-0.05, 0) is 50.2 Å². The Morgan fingerprint density at radius 1 is 1.00 bits per heavy atom. The lowest BCUT2D eigenvalue weighted by molar-refractivity contribution is -0.135. The number of nitrogens with one attached hydrogen (secondary N) is 2. The van der Waals surface area contributed by atoms with Crippen molar-refractivity contribution in [3.8, 4) is 0 Å². The minimum absolute atomic E-state index is 0.0185. The Labute approximate surface area is 245 Å². The van der Waals surface area contributed by atoms with Gasteiger partial charge in [-0.2, -0.15) is 0 Å². The number of ether oxygens (including phenoxy) is 1. The molecule has 1 aromatic heterocycles. The van der Waals surface area contributed by atoms with E-state index in [0.29, 0.717) is 32.3 Å². The summed E-state index contributed by atoms with van der Waals surface area (Å²) in [5.41, 5.74) is 1.19. The lowest BCUT2D eigenvalue weighted by Gasteiger charge is -2.25. The van der Waals surface area contributed by atoms with E-state index in [1.54, 1.807) is 6.92 Å². The SMILES string of the molecule is CCCCCC(=O)C[C@@H](Cc1c[nH]c2ccccc12)C(=O)N[C@@H](CCCC)C(=O)C[C@@H](CC(C)C)C(=O)[C@@]1(C)CO1. The van der Waals surface area contributed by atoms with Crippen LogP contribution < -0.4 is 5.32 Å². The summed E-state index contributed by atoms with van der Waals surface area (Å²) >= 11 is 0. The van der Waals surface area contributed by atoms with Crippen LogP contribution in [-0.2, 0) is 30.3 Å². The van der Waals surface area contributed by atoms with Gasteiger partial charge in [-0.15, -0.1) is 0 Å². The summed E-state index contributed by atoms with van der Waals surface area (Å²) < 4.78 is 5.41. The molecule has 0 spiro atoms. The Morgan fingerprint density at radius 2 is 1.71 bits per heavy atom. The molecule has 0 unspecified atom stereocenters. The first-order chi connectivity index (χ1) is 19.6. The monoisotopic (exact) mass is 566 g/mol. The summed E-state index contributed by atoms with van der Waals surface area (Å²) in [6.07, 6.45) is 8.64. The van der Waals surface area contributed by atoms with E-state index in [1.807, 2.05) is 44.3 Å². The normalized spacial score (nSPS) is 18.7. The molecule has 1 aliphatic heterocycles. The van der Waals surface area contributed by atoms with Gasteiger partial charge in [0.05, 0.1) is 12.6 Å². The first kappa shape index (κ1) is 32.7. The molecule has 7 nitrogen and oxygen atoms in total. The Morgan fingerprint density at radius 3 is 2.37 bits per heavy atom. The lowest BCUT2D eigenvalue weighted by Crippen LogP contribution is -2.46. The number of rotatable bonds is 20. The van der Waals surface area contributed by atoms with E-state index >= 15 is 0 Å². The molecule has 1 aromatic carbocycles. The van der Waals surface area contributed by atoms with E-state index in [9.17, 15) is 19.2 Å². The van der Waals surface area contributed by atoms with E-state index in [2.05, 4.69) is 24.1 Å². The molecule has 0 aliphatic carbocycles. The predicted octanol–water partition coefficient (Wildman–Crippen LogP) is 6.52. The number of para-hydroxylation sites is 1. The van der Waals surface area contributed by atoms with Crippen molar-refractivity contribution >= 4 is 34.2 Å². The zero-order chi connectivity index (χ0) is 30.0. The fourth-order valence-corrected chi connectivity index (χ4v) is 5.70. The van der Waals surface area contributed by atoms with Crippen molar-refractivity contribution < 1.29 is 23.9 Å². The maximum Gasteiger partial charge on any atom is 0.224 e. The van der Waals surface area contributed by atoms with E-state index in [4.69, 9.17) is 4.74 Å². The molecule has 1 aliphatic rings. The van der Waals surface area contributed by atoms with Gasteiger partial charge in [0.15, 0.2) is 11.6 Å². The van der Waals surface area contributed by atoms with Crippen molar-refractivity contribution in [1.82, 2.24) is 10.3 Å². The molecule has 1 saturated heterocycles. The molecule has 0 bridgehead atoms. The fourth-order valence-electron chi connectivity index (χ4n) is 5.70. The number of Topliss-reactive ketones (excluding diaryl/α,β-unsaturated/α-hetero) is 3. The second kappa shape index (κ2) is 15.4. The quantitative estimate of drug-likeness (QED) is 0.140. The molecule has 41 heavy (non-hydrogen) atoms. The van der Waals surface area contributed by atoms with Gasteiger partial charge in [-0.1, -0.05) is 71.6 Å². The molecule has 2 N–H and O–H groups in total. The standard InChI is InChI=1S/C34H50N2O5/c1-6-8-10-13-27(37)19-25(18-26-21-35-29-16-12-11-14-28(26)29)33(40)36-30(15-9-7-2)31(38)20-24(17-23(3)4)32(39)34(5)22-41-34/h11-12,14,16,21,23-25,30,35H,6-10,13,15,17-20,22H2,1-5H3,(H,36,40)/t24-,25-,30+,34-/m1/s1. The van der Waals surface area contributed by atoms with Crippen LogP contribution in [0.15, 0.2) is 30.5 Å². The van der Waals surface area contributed by atoms with E-state index in [1.165, 1.54) is 0 Å². The maximum atomic E-state index is 13.8. The first-order valence-corrected chi connectivity index (χ1v) is 15.7. The molecule has 0 radical (unpaired) electrons. The van der Waals surface area contributed by atoms with Gasteiger partial charge >= 0.3 is 0 Å². The van der Waals surface area contributed by atoms with Crippen molar-refractivity contribution in [3.63, 3.8) is 0 Å². The highest BCUT2D eigenvalue weighted by Crippen LogP contribution is 2.34. The Bertz CT molecular complexity index is 1180. The van der Waals surface area contributed by atoms with E-state index in [0.717, 1.165) is 48.6 Å². The summed E-state index contributed by atoms with van der Waals surface area (Å²) in [5, 5.41) is 4.08. The van der Waals surface area contributed by atoms with E-state index < -0.39 is 23.5 Å². The van der Waals surface area contributed by atoms with Gasteiger partial charge in [0.1, 0.15) is 11.4 Å². The Kier molecular flexibility index (Phi) is 12.3. The van der Waals surface area contributed by atoms with Gasteiger partial charge in [0.2, 0.25) is 5.91 Å². The van der Waals surface area contributed by atoms with E-state index in [-0.39, 0.29) is 42.0 Å². The molecular formula is C34H50N2O5. The van der Waals surface area contributed by atoms with Gasteiger partial charge in [-0.3, -0.25) is 19.2 Å². The minimum Gasteiger partial charge on any atom is -0.362 e. The van der Waals surface area contributed by atoms with Crippen LogP contribution in [0.2, 0.25) is 0 Å². The number of carbonyl (C=O) groups is 4. The van der Waals surface area contributed by atoms with Crippen molar-refractivity contribution in [3.05, 3.63) is 36.0 Å². The lowest BCUT2D eigenvalue weighted by atomic mass is 9.82. The van der Waals surface area contributed by atoms with Crippen LogP contribution in [0.1, 0.15) is 104 Å². The van der Waals surface area contributed by atoms with Crippen LogP contribution in [0.25, 0.3) is 10.9 Å². The molecule has 3 rings (SSSR count). The summed E-state index contributed by atoms with van der Waals surface area (Å²) in [6.45, 7) is 10.4. The fraction of sp³-hybridized carbons (Fsp3) is 0.647. The summed E-state index contributed by atoms with van der Waals surface area (Å²) in [4.78, 5) is 56.8. The topological polar surface area (TPSA) is 109 Å². The third-order valence-electron chi connectivity index (χ3n) is 8.27. The van der Waals surface area contributed by atoms with Crippen LogP contribution in [0.3, 0.4) is 0 Å². The Hall–Kier alpha value is -2.80. The predicted molar refractivity (Wildman–Crippen MR) is 163 cm³/mol. The molecular weight excluding hydrogens is 516 g/mol. The summed E-state index contributed by atoms with van der Waals surface area (Å²) in [6, 6.07) is 7.25. The second-order valence-corrected chi connectivity index (χ2v) is 12.5. The van der Waals surface area contributed by atoms with Crippen molar-refractivity contribution in [2.75, 3.05) is 6.61 Å². The number of amides is 1. The van der Waals surface area contributed by atoms with Crippen molar-refractivity contribution in [2.45, 2.75) is 117 Å². The van der Waals surface area contributed by atoms with Crippen LogP contribution in [-0.4, -0.2) is 46.5 Å². The largest absolute Gasteiger partial charge is 0.362 e. The van der Waals surface area contributed by atoms with Crippen LogP contribution >= 0.6 is 0 Å². The number of hydrogen-bond donors (Lipinski definition) is 2. The van der Waals surface area contributed by atoms with Crippen LogP contribution in [0, 0.1) is 17.8 Å². The maximum absolute atomic E-state index is 13.8. The number of aromatic nitrogens is 1. The van der Waals surface area contributed by atoms with Gasteiger partial charge < -0.3 is 15.0 Å². The highest BCUT2D eigenvalue weighted by atomic mass is 16.6. The molecule has 1 fully saturated rings. The molecule has 4 atom stereocenters. The third-order valence-corrected chi connectivity index (χ3v) is 8.27. The number of unbranched alkanes of at least 4 members (excludes halogenated alkanes) is 3. The van der Waals surface area contributed by atoms with Crippen LogP contribution in [0.5, 0.6) is 0 Å². The van der Waals surface area contributed by atoms with Gasteiger partial charge in [0.25, 0.3) is 0 Å². The number of fused-ring (bicyclic) bond motifs is 1. The summed E-state index contributed by atoms with van der Waals surface area (Å²) in [7, 11) is 0. The highest BCUT2D eigenvalue weighted by molar-refractivity contribution is 5.97. The average molecular weight is 567 g/mol. The average Bonchev–Trinajstić information content (AvgIpc) is 3.57. The zero-order valence-electron chi connectivity index (χ0n) is 25.7. The summed E-state index contributed by atoms with van der Waals surface area (Å²) in [5.74, 6) is -1.08. The zero-order valence-corrected chi connectivity index (χ0v) is 25.7. The first-order valence-electron chi connectivity index (χ1n) is 15.7. The number of H-pyrrole nitrogens is 1. The van der Waals surface area contributed by atoms with Crippen molar-refractivity contribution in [1.29, 1.82) is 0 Å². The van der Waals surface area contributed by atoms with Gasteiger partial charge in [0, 0.05) is 48.2 Å². The number of aromatic amines is 1. The van der Waals surface area contributed by atoms with Gasteiger partial charge in [-0.25, -0.2) is 0 Å². The molecule has 2 heterocycles. The number of hydrogen-bond acceptors (Lipinski definition) is 5. The number of ketones is 3. The molecule has 1 amide bonds. The van der Waals surface area contributed by atoms with Crippen LogP contribution in [0.4, 0.5) is 0 Å². The smallest absolute Gasteiger partial charge is 0.224 e. The number of benzene rings is 1. The molecule has 7 heteroatoms. The number of carbonyl (C=O) groups excluding carboxylic acids is 4. The second-order valence-electron chi connectivity index (χ2n) is 12.5. The Balaban J connectivity index is 1.78. The molecule has 0 saturated carbocycles.